The van der Waals surface area contributed by atoms with E-state index in [0.29, 0.717) is 21.7 Å². The minimum atomic E-state index is -0.695. The van der Waals surface area contributed by atoms with Crippen molar-refractivity contribution in [1.29, 1.82) is 0 Å². The van der Waals surface area contributed by atoms with E-state index >= 15 is 0 Å². The van der Waals surface area contributed by atoms with Crippen LogP contribution in [0, 0.1) is 17.0 Å². The summed E-state index contributed by atoms with van der Waals surface area (Å²) in [6.07, 6.45) is 0. The molecule has 0 fully saturated rings. The molecule has 0 bridgehead atoms. The first kappa shape index (κ1) is 23.5. The maximum atomic E-state index is 13.4. The predicted octanol–water partition coefficient (Wildman–Crippen LogP) is 5.38. The largest absolute Gasteiger partial charge is 0.324 e. The van der Waals surface area contributed by atoms with Crippen molar-refractivity contribution in [2.24, 2.45) is 0 Å². The van der Waals surface area contributed by atoms with Crippen molar-refractivity contribution in [2.45, 2.75) is 24.3 Å². The summed E-state index contributed by atoms with van der Waals surface area (Å²) in [5, 5.41) is 14.0. The third-order valence-corrected chi connectivity index (χ3v) is 6.46. The van der Waals surface area contributed by atoms with Gasteiger partial charge in [0.15, 0.2) is 5.16 Å². The van der Waals surface area contributed by atoms with E-state index in [0.717, 1.165) is 17.3 Å². The van der Waals surface area contributed by atoms with Crippen molar-refractivity contribution in [3.8, 4) is 5.69 Å². The van der Waals surface area contributed by atoms with Gasteiger partial charge in [0, 0.05) is 12.1 Å². The molecule has 34 heavy (non-hydrogen) atoms. The van der Waals surface area contributed by atoms with Gasteiger partial charge in [-0.2, -0.15) is 0 Å². The predicted molar refractivity (Wildman–Crippen MR) is 134 cm³/mol. The highest BCUT2D eigenvalue weighted by Gasteiger charge is 2.22. The Kier molecular flexibility index (Phi) is 6.67. The zero-order chi connectivity index (χ0) is 24.4. The second kappa shape index (κ2) is 9.66. The molecule has 0 saturated heterocycles. The number of carbonyl (C=O) groups is 1. The number of hydrogen-bond donors (Lipinski definition) is 1. The lowest BCUT2D eigenvalue weighted by Crippen LogP contribution is -2.26. The standard InChI is InChI=1S/C24H19ClN4O4S/c1-14-6-5-7-16(12-14)28-23(31)18-8-3-4-9-20(18)27-24(28)34-15(2)22(30)26-21-13-17(29(32)33)10-11-19(21)25/h3-13,15H,1-2H3,(H,26,30)/t15-/m1/s1. The molecular weight excluding hydrogens is 476 g/mol. The van der Waals surface area contributed by atoms with Gasteiger partial charge >= 0.3 is 0 Å². The highest BCUT2D eigenvalue weighted by molar-refractivity contribution is 8.00. The number of rotatable bonds is 6. The number of carbonyl (C=O) groups excluding carboxylic acids is 1. The molecule has 1 N–H and O–H groups in total. The summed E-state index contributed by atoms with van der Waals surface area (Å²) >= 11 is 7.22. The van der Waals surface area contributed by atoms with E-state index in [2.05, 4.69) is 10.3 Å². The Bertz CT molecular complexity index is 1490. The third kappa shape index (κ3) is 4.80. The maximum Gasteiger partial charge on any atom is 0.271 e. The van der Waals surface area contributed by atoms with E-state index < -0.39 is 16.1 Å². The second-order valence-electron chi connectivity index (χ2n) is 7.56. The molecule has 1 aromatic heterocycles. The summed E-state index contributed by atoms with van der Waals surface area (Å²) in [5.41, 5.74) is 1.83. The Morgan fingerprint density at radius 3 is 2.65 bits per heavy atom. The monoisotopic (exact) mass is 494 g/mol. The van der Waals surface area contributed by atoms with Crippen LogP contribution in [-0.4, -0.2) is 25.6 Å². The summed E-state index contributed by atoms with van der Waals surface area (Å²) in [7, 11) is 0. The van der Waals surface area contributed by atoms with Crippen molar-refractivity contribution in [1.82, 2.24) is 9.55 Å². The van der Waals surface area contributed by atoms with Crippen molar-refractivity contribution in [2.75, 3.05) is 5.32 Å². The molecule has 0 saturated carbocycles. The molecule has 4 aromatic rings. The molecule has 0 unspecified atom stereocenters. The highest BCUT2D eigenvalue weighted by Crippen LogP contribution is 2.29. The molecule has 8 nitrogen and oxygen atoms in total. The quantitative estimate of drug-likeness (QED) is 0.167. The zero-order valence-corrected chi connectivity index (χ0v) is 19.8. The zero-order valence-electron chi connectivity index (χ0n) is 18.2. The van der Waals surface area contributed by atoms with Crippen molar-refractivity contribution < 1.29 is 9.72 Å². The van der Waals surface area contributed by atoms with Gasteiger partial charge in [-0.05, 0) is 49.7 Å². The lowest BCUT2D eigenvalue weighted by molar-refractivity contribution is -0.384. The molecule has 0 aliphatic carbocycles. The minimum Gasteiger partial charge on any atom is -0.324 e. The Hall–Kier alpha value is -3.69. The number of hydrogen-bond acceptors (Lipinski definition) is 6. The van der Waals surface area contributed by atoms with Gasteiger partial charge in [-0.3, -0.25) is 24.3 Å². The fraction of sp³-hybridized carbons (Fsp3) is 0.125. The maximum absolute atomic E-state index is 13.4. The lowest BCUT2D eigenvalue weighted by atomic mass is 10.2. The number of aromatic nitrogens is 2. The van der Waals surface area contributed by atoms with Gasteiger partial charge in [0.05, 0.1) is 37.5 Å². The first-order valence-electron chi connectivity index (χ1n) is 10.2. The number of thioether (sulfide) groups is 1. The van der Waals surface area contributed by atoms with Crippen LogP contribution in [0.3, 0.4) is 0 Å². The number of nitro groups is 1. The number of benzene rings is 3. The fourth-order valence-electron chi connectivity index (χ4n) is 3.35. The smallest absolute Gasteiger partial charge is 0.271 e. The molecule has 4 rings (SSSR count). The molecule has 10 heteroatoms. The third-order valence-electron chi connectivity index (χ3n) is 5.07. The number of aryl methyl sites for hydroxylation is 1. The SMILES string of the molecule is Cc1cccc(-n2c(S[C@H](C)C(=O)Nc3cc([N+](=O)[O-])ccc3Cl)nc3ccccc3c2=O)c1. The van der Waals surface area contributed by atoms with Crippen molar-refractivity contribution in [3.05, 3.63) is 97.8 Å². The minimum absolute atomic E-state index is 0.135. The molecule has 1 heterocycles. The van der Waals surface area contributed by atoms with Crippen LogP contribution < -0.4 is 10.9 Å². The van der Waals surface area contributed by atoms with Crippen LogP contribution in [-0.2, 0) is 4.79 Å². The Balaban J connectivity index is 1.71. The highest BCUT2D eigenvalue weighted by atomic mass is 35.5. The van der Waals surface area contributed by atoms with Gasteiger partial charge in [0.1, 0.15) is 0 Å². The van der Waals surface area contributed by atoms with E-state index in [9.17, 15) is 19.7 Å². The normalized spacial score (nSPS) is 11.9. The van der Waals surface area contributed by atoms with E-state index in [4.69, 9.17) is 11.6 Å². The van der Waals surface area contributed by atoms with Crippen LogP contribution in [0.5, 0.6) is 0 Å². The molecule has 0 radical (unpaired) electrons. The van der Waals surface area contributed by atoms with Gasteiger partial charge in [0.2, 0.25) is 5.91 Å². The van der Waals surface area contributed by atoms with Gasteiger partial charge in [-0.15, -0.1) is 0 Å². The number of anilines is 1. The van der Waals surface area contributed by atoms with Crippen molar-refractivity contribution in [3.63, 3.8) is 0 Å². The van der Waals surface area contributed by atoms with Crippen LogP contribution in [0.1, 0.15) is 12.5 Å². The molecule has 1 atom stereocenters. The van der Waals surface area contributed by atoms with E-state index in [1.165, 1.54) is 22.8 Å². The number of non-ortho nitro benzene ring substituents is 1. The molecule has 172 valence electrons. The van der Waals surface area contributed by atoms with E-state index in [-0.39, 0.29) is 22.0 Å². The average molecular weight is 495 g/mol. The van der Waals surface area contributed by atoms with Gasteiger partial charge in [-0.1, -0.05) is 47.6 Å². The Morgan fingerprint density at radius 2 is 1.91 bits per heavy atom. The van der Waals surface area contributed by atoms with E-state index in [1.807, 2.05) is 31.2 Å². The van der Waals surface area contributed by atoms with Gasteiger partial charge in [-0.25, -0.2) is 4.98 Å². The Labute approximate surface area is 203 Å². The summed E-state index contributed by atoms with van der Waals surface area (Å²) in [5.74, 6) is -0.439. The van der Waals surface area contributed by atoms with Crippen LogP contribution in [0.15, 0.2) is 76.7 Å². The summed E-state index contributed by atoms with van der Waals surface area (Å²) < 4.78 is 1.49. The number of fused-ring (bicyclic) bond motifs is 1. The van der Waals surface area contributed by atoms with Crippen LogP contribution >= 0.6 is 23.4 Å². The fourth-order valence-corrected chi connectivity index (χ4v) is 4.45. The van der Waals surface area contributed by atoms with Crippen LogP contribution in [0.2, 0.25) is 5.02 Å². The number of nitrogens with one attached hydrogen (secondary N) is 1. The van der Waals surface area contributed by atoms with Gasteiger partial charge < -0.3 is 5.32 Å². The lowest BCUT2D eigenvalue weighted by Gasteiger charge is -2.17. The number of halogens is 1. The summed E-state index contributed by atoms with van der Waals surface area (Å²) in [6, 6.07) is 18.3. The van der Waals surface area contributed by atoms with Crippen molar-refractivity contribution >= 4 is 51.5 Å². The molecule has 0 spiro atoms. The van der Waals surface area contributed by atoms with Crippen LogP contribution in [0.4, 0.5) is 11.4 Å². The first-order valence-corrected chi connectivity index (χ1v) is 11.5. The Morgan fingerprint density at radius 1 is 1.15 bits per heavy atom. The second-order valence-corrected chi connectivity index (χ2v) is 9.28. The average Bonchev–Trinajstić information content (AvgIpc) is 2.80. The summed E-state index contributed by atoms with van der Waals surface area (Å²) in [4.78, 5) is 41.5. The number of amides is 1. The van der Waals surface area contributed by atoms with E-state index in [1.54, 1.807) is 31.2 Å². The number of para-hydroxylation sites is 1. The number of nitro benzene ring substituents is 1. The molecular formula is C24H19ClN4O4S. The van der Waals surface area contributed by atoms with Gasteiger partial charge in [0.25, 0.3) is 11.2 Å². The number of nitrogens with zero attached hydrogens (tertiary/aromatic N) is 3. The molecule has 0 aliphatic rings. The summed E-state index contributed by atoms with van der Waals surface area (Å²) in [6.45, 7) is 3.59. The van der Waals surface area contributed by atoms with Crippen LogP contribution in [0.25, 0.3) is 16.6 Å². The molecule has 0 aliphatic heterocycles. The topological polar surface area (TPSA) is 107 Å². The first-order chi connectivity index (χ1) is 16.2. The molecule has 3 aromatic carbocycles. The molecule has 1 amide bonds.